The number of esters is 1. The van der Waals surface area contributed by atoms with Crippen molar-refractivity contribution < 1.29 is 14.3 Å². The normalized spacial score (nSPS) is 18.4. The Morgan fingerprint density at radius 3 is 2.19 bits per heavy atom. The van der Waals surface area contributed by atoms with Gasteiger partial charge < -0.3 is 9.47 Å². The summed E-state index contributed by atoms with van der Waals surface area (Å²) in [5.41, 5.74) is 2.13. The number of ether oxygens (including phenoxy) is 2. The Morgan fingerprint density at radius 2 is 1.32 bits per heavy atom. The van der Waals surface area contributed by atoms with Gasteiger partial charge in [-0.1, -0.05) is 72.8 Å². The molecule has 2 heterocycles. The molecule has 1 unspecified atom stereocenters. The minimum atomic E-state index is -1.04. The molecule has 5 aromatic rings. The van der Waals surface area contributed by atoms with Crippen LogP contribution in [0.2, 0.25) is 0 Å². The lowest BCUT2D eigenvalue weighted by atomic mass is 9.76. The zero-order valence-electron chi connectivity index (χ0n) is 16.5. The summed E-state index contributed by atoms with van der Waals surface area (Å²) in [6.07, 6.45) is 0. The summed E-state index contributed by atoms with van der Waals surface area (Å²) < 4.78 is 12.8. The van der Waals surface area contributed by atoms with Crippen molar-refractivity contribution in [1.29, 1.82) is 0 Å². The van der Waals surface area contributed by atoms with Crippen molar-refractivity contribution in [1.82, 2.24) is 0 Å². The smallest absolute Gasteiger partial charge is 0.340 e. The number of benzene rings is 5. The van der Waals surface area contributed by atoms with Gasteiger partial charge in [0.1, 0.15) is 11.5 Å². The molecule has 0 radical (unpaired) electrons. The maximum atomic E-state index is 13.0. The van der Waals surface area contributed by atoms with Crippen LogP contribution in [0.15, 0.2) is 97.1 Å². The number of carbonyl (C=O) groups is 1. The van der Waals surface area contributed by atoms with Crippen molar-refractivity contribution in [2.75, 3.05) is 0 Å². The summed E-state index contributed by atoms with van der Waals surface area (Å²) in [6, 6.07) is 32.2. The minimum Gasteiger partial charge on any atom is -0.456 e. The molecule has 0 bridgehead atoms. The fraction of sp³-hybridized carbons (Fsp3) is 0.0357. The predicted octanol–water partition coefficient (Wildman–Crippen LogP) is 6.56. The van der Waals surface area contributed by atoms with Gasteiger partial charge in [-0.2, -0.15) is 0 Å². The largest absolute Gasteiger partial charge is 0.456 e. The molecule has 0 fully saturated rings. The average molecular weight is 400 g/mol. The second-order valence-electron chi connectivity index (χ2n) is 8.08. The third kappa shape index (κ3) is 2.05. The van der Waals surface area contributed by atoms with Crippen LogP contribution in [-0.2, 0) is 10.3 Å². The third-order valence-electron chi connectivity index (χ3n) is 6.47. The van der Waals surface area contributed by atoms with Crippen LogP contribution in [0.25, 0.3) is 21.5 Å². The van der Waals surface area contributed by atoms with Crippen molar-refractivity contribution in [3.05, 3.63) is 119 Å². The molecule has 5 aromatic carbocycles. The standard InChI is InChI=1S/C28H16O3/c29-27-21-11-5-6-12-22(21)28(31-27)23-14-13-17-7-3-4-10-20(17)26(23)30-25-16-19-9-2-1-8-18(19)15-24(25)28/h1-16H. The molecule has 0 N–H and O–H groups in total. The Bertz CT molecular complexity index is 1560. The number of fused-ring (bicyclic) bond motifs is 9. The average Bonchev–Trinajstić information content (AvgIpc) is 3.11. The van der Waals surface area contributed by atoms with E-state index in [-0.39, 0.29) is 5.97 Å². The highest BCUT2D eigenvalue weighted by Gasteiger charge is 2.53. The van der Waals surface area contributed by atoms with E-state index in [4.69, 9.17) is 9.47 Å². The molecule has 1 atom stereocenters. The quantitative estimate of drug-likeness (QED) is 0.276. The molecule has 0 amide bonds. The van der Waals surface area contributed by atoms with Gasteiger partial charge in [0, 0.05) is 22.1 Å². The summed E-state index contributed by atoms with van der Waals surface area (Å²) in [6.45, 7) is 0. The first-order valence-corrected chi connectivity index (χ1v) is 10.3. The fourth-order valence-electron chi connectivity index (χ4n) is 5.08. The van der Waals surface area contributed by atoms with Crippen molar-refractivity contribution in [2.24, 2.45) is 0 Å². The minimum absolute atomic E-state index is 0.310. The summed E-state index contributed by atoms with van der Waals surface area (Å²) >= 11 is 0. The highest BCUT2D eigenvalue weighted by atomic mass is 16.6. The Morgan fingerprint density at radius 1 is 0.613 bits per heavy atom. The van der Waals surface area contributed by atoms with E-state index in [1.807, 2.05) is 60.7 Å². The van der Waals surface area contributed by atoms with Gasteiger partial charge in [-0.3, -0.25) is 0 Å². The molecule has 0 saturated carbocycles. The van der Waals surface area contributed by atoms with Crippen molar-refractivity contribution >= 4 is 27.5 Å². The number of rotatable bonds is 0. The number of carbonyl (C=O) groups excluding carboxylic acids is 1. The molecule has 7 rings (SSSR count). The number of hydrogen-bond acceptors (Lipinski definition) is 3. The molecule has 2 aliphatic rings. The van der Waals surface area contributed by atoms with Crippen LogP contribution in [0.3, 0.4) is 0 Å². The molecule has 3 heteroatoms. The fourth-order valence-corrected chi connectivity index (χ4v) is 5.08. The third-order valence-corrected chi connectivity index (χ3v) is 6.47. The van der Waals surface area contributed by atoms with Crippen molar-refractivity contribution in [3.63, 3.8) is 0 Å². The highest BCUT2D eigenvalue weighted by Crippen LogP contribution is 2.57. The van der Waals surface area contributed by atoms with Gasteiger partial charge in [0.25, 0.3) is 0 Å². The Kier molecular flexibility index (Phi) is 3.08. The molecule has 1 spiro atoms. The monoisotopic (exact) mass is 400 g/mol. The zero-order valence-corrected chi connectivity index (χ0v) is 16.5. The van der Waals surface area contributed by atoms with E-state index < -0.39 is 5.60 Å². The highest BCUT2D eigenvalue weighted by molar-refractivity contribution is 5.99. The lowest BCUT2D eigenvalue weighted by Gasteiger charge is -2.37. The predicted molar refractivity (Wildman–Crippen MR) is 120 cm³/mol. The first-order chi connectivity index (χ1) is 15.3. The van der Waals surface area contributed by atoms with Crippen LogP contribution in [0.1, 0.15) is 27.0 Å². The summed E-state index contributed by atoms with van der Waals surface area (Å²) in [4.78, 5) is 13.0. The zero-order chi connectivity index (χ0) is 20.6. The van der Waals surface area contributed by atoms with Crippen molar-refractivity contribution in [3.8, 4) is 11.5 Å². The molecule has 2 aliphatic heterocycles. The lowest BCUT2D eigenvalue weighted by molar-refractivity contribution is 0.0226. The van der Waals surface area contributed by atoms with E-state index in [9.17, 15) is 4.79 Å². The Balaban J connectivity index is 1.66. The van der Waals surface area contributed by atoms with Gasteiger partial charge >= 0.3 is 5.97 Å². The summed E-state index contributed by atoms with van der Waals surface area (Å²) in [5.74, 6) is 1.15. The van der Waals surface area contributed by atoms with E-state index >= 15 is 0 Å². The van der Waals surface area contributed by atoms with Crippen LogP contribution in [0.4, 0.5) is 0 Å². The summed E-state index contributed by atoms with van der Waals surface area (Å²) in [7, 11) is 0. The van der Waals surface area contributed by atoms with E-state index in [1.165, 1.54) is 0 Å². The summed E-state index contributed by atoms with van der Waals surface area (Å²) in [5, 5.41) is 4.24. The molecule has 0 aliphatic carbocycles. The van der Waals surface area contributed by atoms with Crippen molar-refractivity contribution in [2.45, 2.75) is 5.60 Å². The molecule has 146 valence electrons. The second-order valence-corrected chi connectivity index (χ2v) is 8.08. The maximum Gasteiger partial charge on any atom is 0.340 e. The molecule has 31 heavy (non-hydrogen) atoms. The van der Waals surface area contributed by atoms with Crippen LogP contribution >= 0.6 is 0 Å². The Hall–Kier alpha value is -4.11. The molecular formula is C28H16O3. The topological polar surface area (TPSA) is 35.5 Å². The second kappa shape index (κ2) is 5.73. The van der Waals surface area contributed by atoms with Crippen LogP contribution < -0.4 is 4.74 Å². The maximum absolute atomic E-state index is 13.0. The van der Waals surface area contributed by atoms with Gasteiger partial charge in [0.15, 0.2) is 5.60 Å². The van der Waals surface area contributed by atoms with Gasteiger partial charge in [-0.25, -0.2) is 4.79 Å². The molecule has 0 saturated heterocycles. The number of hydrogen-bond donors (Lipinski definition) is 0. The SMILES string of the molecule is O=C1OC2(c3cc4ccccc4cc3Oc3c2ccc2ccccc32)c2ccccc21. The van der Waals surface area contributed by atoms with Gasteiger partial charge in [0.2, 0.25) is 0 Å². The van der Waals surface area contributed by atoms with E-state index in [0.717, 1.165) is 44.0 Å². The van der Waals surface area contributed by atoms with E-state index in [0.29, 0.717) is 11.3 Å². The van der Waals surface area contributed by atoms with Crippen LogP contribution in [0.5, 0.6) is 11.5 Å². The molecule has 3 nitrogen and oxygen atoms in total. The Labute approximate surface area is 178 Å². The van der Waals surface area contributed by atoms with Gasteiger partial charge in [0.05, 0.1) is 5.56 Å². The van der Waals surface area contributed by atoms with E-state index in [1.54, 1.807) is 0 Å². The van der Waals surface area contributed by atoms with Gasteiger partial charge in [-0.05, 0) is 40.4 Å². The first-order valence-electron chi connectivity index (χ1n) is 10.3. The van der Waals surface area contributed by atoms with Crippen LogP contribution in [-0.4, -0.2) is 5.97 Å². The van der Waals surface area contributed by atoms with E-state index in [2.05, 4.69) is 36.4 Å². The molecule has 0 aromatic heterocycles. The molecular weight excluding hydrogens is 384 g/mol. The lowest BCUT2D eigenvalue weighted by Crippen LogP contribution is -2.33. The van der Waals surface area contributed by atoms with Gasteiger partial charge in [-0.15, -0.1) is 0 Å². The van der Waals surface area contributed by atoms with Crippen LogP contribution in [0, 0.1) is 0 Å². The first kappa shape index (κ1) is 16.7.